The molecule has 0 amide bonds. The number of phenols is 4. The molecule has 0 aliphatic heterocycles. The number of allylic oxidation sites excluding steroid dienone is 2. The molecule has 29 heavy (non-hydrogen) atoms. The molecular weight excluding hydrogens is 364 g/mol. The van der Waals surface area contributed by atoms with Gasteiger partial charge in [-0.2, -0.15) is 0 Å². The van der Waals surface area contributed by atoms with Crippen molar-refractivity contribution in [2.24, 2.45) is 0 Å². The van der Waals surface area contributed by atoms with Crippen LogP contribution in [0.1, 0.15) is 41.0 Å². The van der Waals surface area contributed by atoms with Crippen LogP contribution in [0, 0.1) is 0 Å². The first-order chi connectivity index (χ1) is 13.8. The fourth-order valence-corrected chi connectivity index (χ4v) is 4.20. The van der Waals surface area contributed by atoms with E-state index >= 15 is 0 Å². The standard InChI is InChI=1S/C25H22O4/c1-14(2)23-24(16-5-9-18(27)10-6-16)20(11-15-3-7-17(26)8-4-15)21-12-19(28)13-22(29)25(21)23/h3-13,23-24,26-29H,1H2,2H3/b20-11-/t23-,24+/m1/s1. The van der Waals surface area contributed by atoms with Gasteiger partial charge in [0.25, 0.3) is 0 Å². The number of hydrogen-bond donors (Lipinski definition) is 4. The van der Waals surface area contributed by atoms with E-state index in [0.29, 0.717) is 0 Å². The lowest BCUT2D eigenvalue weighted by atomic mass is 9.80. The third-order valence-corrected chi connectivity index (χ3v) is 5.43. The van der Waals surface area contributed by atoms with Gasteiger partial charge in [0, 0.05) is 23.5 Å². The van der Waals surface area contributed by atoms with E-state index in [9.17, 15) is 20.4 Å². The summed E-state index contributed by atoms with van der Waals surface area (Å²) in [6.07, 6.45) is 2.00. The SMILES string of the molecule is C=C(C)[C@H]1c2c(O)cc(O)cc2/C(=C/c2ccc(O)cc2)[C@@H]1c1ccc(O)cc1. The van der Waals surface area contributed by atoms with E-state index in [2.05, 4.69) is 6.58 Å². The minimum atomic E-state index is -0.182. The Kier molecular flexibility index (Phi) is 4.55. The van der Waals surface area contributed by atoms with Crippen LogP contribution in [-0.2, 0) is 0 Å². The van der Waals surface area contributed by atoms with E-state index < -0.39 is 0 Å². The minimum Gasteiger partial charge on any atom is -0.508 e. The summed E-state index contributed by atoms with van der Waals surface area (Å²) >= 11 is 0. The van der Waals surface area contributed by atoms with Gasteiger partial charge in [0.05, 0.1) is 0 Å². The highest BCUT2D eigenvalue weighted by atomic mass is 16.3. The molecule has 4 nitrogen and oxygen atoms in total. The highest BCUT2D eigenvalue weighted by Gasteiger charge is 2.40. The van der Waals surface area contributed by atoms with Crippen LogP contribution < -0.4 is 0 Å². The maximum absolute atomic E-state index is 10.7. The van der Waals surface area contributed by atoms with E-state index in [1.165, 1.54) is 6.07 Å². The minimum absolute atomic E-state index is 0.00956. The van der Waals surface area contributed by atoms with Crippen molar-refractivity contribution in [1.29, 1.82) is 0 Å². The lowest BCUT2D eigenvalue weighted by molar-refractivity contribution is 0.444. The Bertz CT molecular complexity index is 1110. The van der Waals surface area contributed by atoms with Crippen molar-refractivity contribution in [2.75, 3.05) is 0 Å². The second kappa shape index (κ2) is 7.06. The van der Waals surface area contributed by atoms with Gasteiger partial charge in [0.15, 0.2) is 0 Å². The fraction of sp³-hybridized carbons (Fsp3) is 0.120. The quantitative estimate of drug-likeness (QED) is 0.448. The Morgan fingerprint density at radius 2 is 1.41 bits per heavy atom. The van der Waals surface area contributed by atoms with Crippen molar-refractivity contribution >= 4 is 11.6 Å². The van der Waals surface area contributed by atoms with Crippen molar-refractivity contribution in [3.63, 3.8) is 0 Å². The molecule has 0 heterocycles. The molecule has 0 radical (unpaired) electrons. The van der Waals surface area contributed by atoms with Gasteiger partial charge in [-0.1, -0.05) is 42.5 Å². The van der Waals surface area contributed by atoms with Gasteiger partial charge in [0.2, 0.25) is 0 Å². The second-order valence-electron chi connectivity index (χ2n) is 7.51. The predicted octanol–water partition coefficient (Wildman–Crippen LogP) is 5.51. The largest absolute Gasteiger partial charge is 0.508 e. The van der Waals surface area contributed by atoms with Gasteiger partial charge >= 0.3 is 0 Å². The molecule has 3 aromatic carbocycles. The number of rotatable bonds is 3. The molecule has 0 spiro atoms. The van der Waals surface area contributed by atoms with Crippen LogP contribution in [0.5, 0.6) is 23.0 Å². The zero-order valence-electron chi connectivity index (χ0n) is 16.0. The maximum atomic E-state index is 10.7. The lowest BCUT2D eigenvalue weighted by Crippen LogP contribution is -2.07. The molecule has 4 heteroatoms. The number of hydrogen-bond acceptors (Lipinski definition) is 4. The van der Waals surface area contributed by atoms with E-state index in [1.807, 2.05) is 37.3 Å². The molecule has 4 N–H and O–H groups in total. The summed E-state index contributed by atoms with van der Waals surface area (Å²) in [6.45, 7) is 6.09. The van der Waals surface area contributed by atoms with Crippen molar-refractivity contribution in [3.8, 4) is 23.0 Å². The molecule has 0 fully saturated rings. The summed E-state index contributed by atoms with van der Waals surface area (Å²) in [4.78, 5) is 0. The van der Waals surface area contributed by atoms with Crippen molar-refractivity contribution in [2.45, 2.75) is 18.8 Å². The van der Waals surface area contributed by atoms with Crippen molar-refractivity contribution in [3.05, 3.63) is 95.1 Å². The topological polar surface area (TPSA) is 80.9 Å². The lowest BCUT2D eigenvalue weighted by Gasteiger charge is -2.23. The van der Waals surface area contributed by atoms with Crippen LogP contribution in [0.3, 0.4) is 0 Å². The third-order valence-electron chi connectivity index (χ3n) is 5.43. The maximum Gasteiger partial charge on any atom is 0.123 e. The van der Waals surface area contributed by atoms with E-state index in [1.54, 1.807) is 30.3 Å². The smallest absolute Gasteiger partial charge is 0.123 e. The Balaban J connectivity index is 1.99. The molecule has 1 aliphatic carbocycles. The summed E-state index contributed by atoms with van der Waals surface area (Å²) in [5.74, 6) is 0.0588. The summed E-state index contributed by atoms with van der Waals surface area (Å²) in [7, 11) is 0. The van der Waals surface area contributed by atoms with Gasteiger partial charge in [-0.25, -0.2) is 0 Å². The summed E-state index contributed by atoms with van der Waals surface area (Å²) < 4.78 is 0. The second-order valence-corrected chi connectivity index (χ2v) is 7.51. The first-order valence-electron chi connectivity index (χ1n) is 9.36. The zero-order valence-corrected chi connectivity index (χ0v) is 16.0. The summed E-state index contributed by atoms with van der Waals surface area (Å²) in [5.41, 5.74) is 5.17. The van der Waals surface area contributed by atoms with Crippen LogP contribution in [-0.4, -0.2) is 20.4 Å². The van der Waals surface area contributed by atoms with Crippen LogP contribution in [0.25, 0.3) is 11.6 Å². The zero-order chi connectivity index (χ0) is 20.7. The number of phenolic OH excluding ortho intramolecular Hbond substituents is 4. The number of benzene rings is 3. The Morgan fingerprint density at radius 3 is 2.00 bits per heavy atom. The molecule has 1 aliphatic rings. The summed E-state index contributed by atoms with van der Waals surface area (Å²) in [6, 6.07) is 16.9. The fourth-order valence-electron chi connectivity index (χ4n) is 4.20. The Morgan fingerprint density at radius 1 is 0.828 bits per heavy atom. The third kappa shape index (κ3) is 3.34. The van der Waals surface area contributed by atoms with E-state index in [-0.39, 0.29) is 34.8 Å². The van der Waals surface area contributed by atoms with Crippen molar-refractivity contribution < 1.29 is 20.4 Å². The molecule has 0 aromatic heterocycles. The molecule has 0 saturated carbocycles. The Hall–Kier alpha value is -3.66. The molecular formula is C25H22O4. The predicted molar refractivity (Wildman–Crippen MR) is 114 cm³/mol. The van der Waals surface area contributed by atoms with Gasteiger partial charge in [0.1, 0.15) is 23.0 Å². The van der Waals surface area contributed by atoms with E-state index in [4.69, 9.17) is 0 Å². The Labute approximate surface area is 169 Å². The highest BCUT2D eigenvalue weighted by Crippen LogP contribution is 2.58. The highest BCUT2D eigenvalue weighted by molar-refractivity contribution is 5.93. The molecule has 2 atom stereocenters. The first kappa shape index (κ1) is 18.7. The molecule has 0 unspecified atom stereocenters. The van der Waals surface area contributed by atoms with Gasteiger partial charge in [-0.3, -0.25) is 0 Å². The first-order valence-corrected chi connectivity index (χ1v) is 9.36. The van der Waals surface area contributed by atoms with Gasteiger partial charge in [-0.15, -0.1) is 0 Å². The summed E-state index contributed by atoms with van der Waals surface area (Å²) in [5, 5.41) is 40.1. The molecule has 0 bridgehead atoms. The molecule has 0 saturated heterocycles. The molecule has 4 rings (SSSR count). The van der Waals surface area contributed by atoms with Crippen LogP contribution >= 0.6 is 0 Å². The van der Waals surface area contributed by atoms with E-state index in [0.717, 1.165) is 33.4 Å². The monoisotopic (exact) mass is 386 g/mol. The molecule has 3 aromatic rings. The van der Waals surface area contributed by atoms with Crippen LogP contribution in [0.15, 0.2) is 72.8 Å². The van der Waals surface area contributed by atoms with Crippen LogP contribution in [0.4, 0.5) is 0 Å². The van der Waals surface area contributed by atoms with Gasteiger partial charge < -0.3 is 20.4 Å². The number of aromatic hydroxyl groups is 4. The normalized spacial score (nSPS) is 19.3. The average molecular weight is 386 g/mol. The number of fused-ring (bicyclic) bond motifs is 1. The van der Waals surface area contributed by atoms with Gasteiger partial charge in [-0.05, 0) is 59.5 Å². The van der Waals surface area contributed by atoms with Crippen molar-refractivity contribution in [1.82, 2.24) is 0 Å². The van der Waals surface area contributed by atoms with Crippen LogP contribution in [0.2, 0.25) is 0 Å². The average Bonchev–Trinajstić information content (AvgIpc) is 2.99. The molecule has 146 valence electrons.